The van der Waals surface area contributed by atoms with Crippen LogP contribution in [0.3, 0.4) is 0 Å². The van der Waals surface area contributed by atoms with Crippen molar-refractivity contribution < 1.29 is 22.3 Å². The van der Waals surface area contributed by atoms with Crippen LogP contribution < -0.4 is 10.1 Å². The minimum Gasteiger partial charge on any atom is -0.494 e. The maximum Gasteiger partial charge on any atom is 0.390 e. The van der Waals surface area contributed by atoms with E-state index in [1.54, 1.807) is 4.90 Å². The Hall–Kier alpha value is -0.760. The topological polar surface area (TPSA) is 24.5 Å². The third kappa shape index (κ3) is 6.33. The number of methoxy groups -OCH3 is 1. The van der Waals surface area contributed by atoms with Gasteiger partial charge in [-0.3, -0.25) is 4.90 Å². The molecule has 1 aromatic rings. The standard InChI is InChI=1S/C14H18F4N2O.2ClH/c1-21-13-3-2-10(8-11(13)15)12(9-14(16,17)18)20-6-4-19-5-7-20;;/h2-3,8,12,19H,4-7,9H2,1H3;2*1H/t12-;;/m1../s1. The molecule has 1 heterocycles. The Balaban J connectivity index is 0.00000242. The second-order valence-corrected chi connectivity index (χ2v) is 5.02. The fourth-order valence-electron chi connectivity index (χ4n) is 2.56. The van der Waals surface area contributed by atoms with Gasteiger partial charge in [-0.1, -0.05) is 6.07 Å². The fraction of sp³-hybridized carbons (Fsp3) is 0.571. The maximum absolute atomic E-state index is 13.8. The average Bonchev–Trinajstić information content (AvgIpc) is 2.45. The van der Waals surface area contributed by atoms with Gasteiger partial charge < -0.3 is 10.1 Å². The normalized spacial score (nSPS) is 16.9. The van der Waals surface area contributed by atoms with Crippen molar-refractivity contribution in [2.45, 2.75) is 18.6 Å². The molecule has 1 saturated heterocycles. The van der Waals surface area contributed by atoms with Crippen LogP contribution in [0.4, 0.5) is 17.6 Å². The van der Waals surface area contributed by atoms with Gasteiger partial charge in [0.05, 0.1) is 13.5 Å². The third-order valence-corrected chi connectivity index (χ3v) is 3.58. The number of alkyl halides is 3. The van der Waals surface area contributed by atoms with Crippen LogP contribution in [0.1, 0.15) is 18.0 Å². The van der Waals surface area contributed by atoms with E-state index in [9.17, 15) is 17.6 Å². The zero-order valence-electron chi connectivity index (χ0n) is 12.5. The summed E-state index contributed by atoms with van der Waals surface area (Å²) in [6, 6.07) is 3.14. The van der Waals surface area contributed by atoms with Crippen molar-refractivity contribution in [3.63, 3.8) is 0 Å². The number of hydrogen-bond donors (Lipinski definition) is 1. The molecular weight excluding hydrogens is 359 g/mol. The number of benzene rings is 1. The van der Waals surface area contributed by atoms with Gasteiger partial charge in [0.25, 0.3) is 0 Å². The molecule has 0 saturated carbocycles. The maximum atomic E-state index is 13.8. The molecule has 1 aliphatic heterocycles. The Labute approximate surface area is 145 Å². The van der Waals surface area contributed by atoms with Gasteiger partial charge in [0.1, 0.15) is 0 Å². The number of ether oxygens (including phenoxy) is 1. The van der Waals surface area contributed by atoms with Crippen LogP contribution in [0.25, 0.3) is 0 Å². The number of nitrogens with zero attached hydrogens (tertiary/aromatic N) is 1. The second kappa shape index (κ2) is 9.52. The molecule has 0 unspecified atom stereocenters. The molecular formula is C14H20Cl2F4N2O. The lowest BCUT2D eigenvalue weighted by Crippen LogP contribution is -2.46. The molecule has 0 aromatic heterocycles. The summed E-state index contributed by atoms with van der Waals surface area (Å²) >= 11 is 0. The molecule has 0 aliphatic carbocycles. The minimum absolute atomic E-state index is 0. The minimum atomic E-state index is -4.30. The van der Waals surface area contributed by atoms with Crippen LogP contribution in [-0.2, 0) is 0 Å². The van der Waals surface area contributed by atoms with Crippen molar-refractivity contribution >= 4 is 24.8 Å². The van der Waals surface area contributed by atoms with E-state index >= 15 is 0 Å². The van der Waals surface area contributed by atoms with Gasteiger partial charge in [-0.15, -0.1) is 24.8 Å². The molecule has 1 fully saturated rings. The van der Waals surface area contributed by atoms with E-state index in [-0.39, 0.29) is 30.6 Å². The lowest BCUT2D eigenvalue weighted by Gasteiger charge is -2.35. The summed E-state index contributed by atoms with van der Waals surface area (Å²) in [5.41, 5.74) is 0.326. The molecule has 134 valence electrons. The van der Waals surface area contributed by atoms with Gasteiger partial charge in [0.2, 0.25) is 0 Å². The monoisotopic (exact) mass is 378 g/mol. The highest BCUT2D eigenvalue weighted by atomic mass is 35.5. The molecule has 1 aliphatic rings. The number of piperazine rings is 1. The molecule has 0 amide bonds. The van der Waals surface area contributed by atoms with Gasteiger partial charge in [-0.2, -0.15) is 13.2 Å². The Morgan fingerprint density at radius 1 is 1.22 bits per heavy atom. The van der Waals surface area contributed by atoms with Gasteiger partial charge in [0.15, 0.2) is 11.6 Å². The molecule has 1 aromatic carbocycles. The third-order valence-electron chi connectivity index (χ3n) is 3.58. The molecule has 3 nitrogen and oxygen atoms in total. The Bertz CT molecular complexity index is 482. The van der Waals surface area contributed by atoms with Crippen molar-refractivity contribution in [1.29, 1.82) is 0 Å². The van der Waals surface area contributed by atoms with Crippen LogP contribution >= 0.6 is 24.8 Å². The average molecular weight is 379 g/mol. The van der Waals surface area contributed by atoms with E-state index in [0.29, 0.717) is 31.7 Å². The van der Waals surface area contributed by atoms with Gasteiger partial charge in [0, 0.05) is 32.2 Å². The number of halogens is 6. The first-order valence-corrected chi connectivity index (χ1v) is 6.75. The van der Waals surface area contributed by atoms with E-state index < -0.39 is 24.5 Å². The molecule has 23 heavy (non-hydrogen) atoms. The zero-order valence-corrected chi connectivity index (χ0v) is 14.2. The van der Waals surface area contributed by atoms with Crippen molar-refractivity contribution in [3.05, 3.63) is 29.6 Å². The first-order valence-electron chi connectivity index (χ1n) is 6.75. The Kier molecular flexibility index (Phi) is 9.20. The van der Waals surface area contributed by atoms with Crippen molar-refractivity contribution in [2.75, 3.05) is 33.3 Å². The van der Waals surface area contributed by atoms with E-state index in [4.69, 9.17) is 4.74 Å². The zero-order chi connectivity index (χ0) is 15.5. The summed E-state index contributed by atoms with van der Waals surface area (Å²) in [7, 11) is 1.32. The molecule has 0 spiro atoms. The van der Waals surface area contributed by atoms with Crippen LogP contribution in [0, 0.1) is 5.82 Å². The molecule has 2 rings (SSSR count). The lowest BCUT2D eigenvalue weighted by atomic mass is 10.0. The predicted octanol–water partition coefficient (Wildman–Crippen LogP) is 3.58. The summed E-state index contributed by atoms with van der Waals surface area (Å²) in [6.45, 7) is 2.28. The van der Waals surface area contributed by atoms with E-state index in [0.717, 1.165) is 6.07 Å². The second-order valence-electron chi connectivity index (χ2n) is 5.02. The van der Waals surface area contributed by atoms with Gasteiger partial charge in [-0.05, 0) is 17.7 Å². The lowest BCUT2D eigenvalue weighted by molar-refractivity contribution is -0.148. The van der Waals surface area contributed by atoms with E-state index in [1.807, 2.05) is 0 Å². The number of hydrogen-bond acceptors (Lipinski definition) is 3. The van der Waals surface area contributed by atoms with Crippen molar-refractivity contribution in [3.8, 4) is 5.75 Å². The number of nitrogens with one attached hydrogen (secondary N) is 1. The predicted molar refractivity (Wildman–Crippen MR) is 85.3 cm³/mol. The van der Waals surface area contributed by atoms with Crippen LogP contribution in [0.2, 0.25) is 0 Å². The SMILES string of the molecule is COc1ccc([C@@H](CC(F)(F)F)N2CCNCC2)cc1F.Cl.Cl. The van der Waals surface area contributed by atoms with Gasteiger partial charge in [-0.25, -0.2) is 4.39 Å². The van der Waals surface area contributed by atoms with E-state index in [2.05, 4.69) is 5.32 Å². The number of rotatable bonds is 4. The summed E-state index contributed by atoms with van der Waals surface area (Å²) in [6.07, 6.45) is -5.29. The summed E-state index contributed by atoms with van der Waals surface area (Å²) in [5, 5.41) is 3.10. The highest BCUT2D eigenvalue weighted by Crippen LogP contribution is 2.35. The Morgan fingerprint density at radius 3 is 2.30 bits per heavy atom. The highest BCUT2D eigenvalue weighted by molar-refractivity contribution is 5.85. The van der Waals surface area contributed by atoms with Gasteiger partial charge >= 0.3 is 6.18 Å². The fourth-order valence-corrected chi connectivity index (χ4v) is 2.56. The summed E-state index contributed by atoms with van der Waals surface area (Å²) in [4.78, 5) is 1.74. The quantitative estimate of drug-likeness (QED) is 0.810. The summed E-state index contributed by atoms with van der Waals surface area (Å²) < 4.78 is 57.1. The van der Waals surface area contributed by atoms with Crippen LogP contribution in [0.5, 0.6) is 5.75 Å². The van der Waals surface area contributed by atoms with Crippen molar-refractivity contribution in [2.24, 2.45) is 0 Å². The smallest absolute Gasteiger partial charge is 0.390 e. The molecule has 9 heteroatoms. The van der Waals surface area contributed by atoms with E-state index in [1.165, 1.54) is 19.2 Å². The molecule has 1 N–H and O–H groups in total. The highest BCUT2D eigenvalue weighted by Gasteiger charge is 2.36. The first kappa shape index (κ1) is 22.2. The van der Waals surface area contributed by atoms with Crippen LogP contribution in [0.15, 0.2) is 18.2 Å². The van der Waals surface area contributed by atoms with Crippen molar-refractivity contribution in [1.82, 2.24) is 10.2 Å². The van der Waals surface area contributed by atoms with Crippen LogP contribution in [-0.4, -0.2) is 44.4 Å². The molecule has 0 radical (unpaired) electrons. The largest absolute Gasteiger partial charge is 0.494 e. The summed E-state index contributed by atoms with van der Waals surface area (Å²) in [5.74, 6) is -0.609. The molecule has 1 atom stereocenters. The molecule has 0 bridgehead atoms. The Morgan fingerprint density at radius 2 is 1.83 bits per heavy atom. The first-order chi connectivity index (χ1) is 9.90.